The van der Waals surface area contributed by atoms with Gasteiger partial charge >= 0.3 is 0 Å². The molecule has 0 aliphatic carbocycles. The van der Waals surface area contributed by atoms with Gasteiger partial charge in [-0.2, -0.15) is 0 Å². The molecule has 0 atom stereocenters. The van der Waals surface area contributed by atoms with Crippen molar-refractivity contribution in [1.82, 2.24) is 0 Å². The Hall–Kier alpha value is -0.540. The molecule has 1 aliphatic heterocycles. The molecule has 0 spiro atoms. The monoisotopic (exact) mass is 209 g/mol. The normalized spacial score (nSPS) is 15.0. The lowest BCUT2D eigenvalue weighted by molar-refractivity contribution is 1.02. The van der Waals surface area contributed by atoms with Crippen LogP contribution in [0.1, 0.15) is 12.0 Å². The summed E-state index contributed by atoms with van der Waals surface area (Å²) in [4.78, 5) is 2.29. The van der Waals surface area contributed by atoms with Crippen LogP contribution in [0.5, 0.6) is 0 Å². The molecule has 0 saturated heterocycles. The van der Waals surface area contributed by atoms with E-state index in [0.29, 0.717) is 0 Å². The highest BCUT2D eigenvalue weighted by Crippen LogP contribution is 2.27. The summed E-state index contributed by atoms with van der Waals surface area (Å²) in [6, 6.07) is 6.49. The third-order valence-electron chi connectivity index (χ3n) is 2.21. The highest BCUT2D eigenvalue weighted by molar-refractivity contribution is 7.98. The molecule has 1 aromatic carbocycles. The number of aryl methyl sites for hydroxylation is 1. The molecule has 3 heteroatoms. The maximum atomic E-state index is 5.13. The zero-order valence-corrected chi connectivity index (χ0v) is 9.10. The van der Waals surface area contributed by atoms with Gasteiger partial charge in [-0.3, -0.25) is 0 Å². The highest BCUT2D eigenvalue weighted by Gasteiger charge is 2.11. The smallest absolute Gasteiger partial charge is 0.0800 e. The van der Waals surface area contributed by atoms with E-state index in [1.54, 1.807) is 11.8 Å². The molecule has 13 heavy (non-hydrogen) atoms. The van der Waals surface area contributed by atoms with E-state index in [9.17, 15) is 0 Å². The Morgan fingerprint density at radius 1 is 1.38 bits per heavy atom. The summed E-state index contributed by atoms with van der Waals surface area (Å²) in [7, 11) is 0. The van der Waals surface area contributed by atoms with E-state index in [2.05, 4.69) is 29.8 Å². The molecule has 0 radical (unpaired) electrons. The lowest BCUT2D eigenvalue weighted by Gasteiger charge is -2.19. The number of rotatable bonds is 1. The van der Waals surface area contributed by atoms with Crippen molar-refractivity contribution < 1.29 is 0 Å². The molecule has 0 fully saturated rings. The van der Waals surface area contributed by atoms with Gasteiger partial charge in [0.25, 0.3) is 0 Å². The van der Waals surface area contributed by atoms with Crippen molar-refractivity contribution >= 4 is 34.7 Å². The molecule has 68 valence electrons. The van der Waals surface area contributed by atoms with Crippen LogP contribution in [-0.2, 0) is 6.42 Å². The maximum Gasteiger partial charge on any atom is 0.0800 e. The number of hydrogen-bond donors (Lipinski definition) is 1. The topological polar surface area (TPSA) is 12.0 Å². The zero-order valence-electron chi connectivity index (χ0n) is 7.46. The summed E-state index contributed by atoms with van der Waals surface area (Å²) in [5.74, 6) is 0. The van der Waals surface area contributed by atoms with Gasteiger partial charge in [-0.05, 0) is 36.4 Å². The number of hydrogen-bond acceptors (Lipinski definition) is 2. The predicted molar refractivity (Wildman–Crippen MR) is 62.8 cm³/mol. The number of benzene rings is 1. The molecule has 0 amide bonds. The van der Waals surface area contributed by atoms with Gasteiger partial charge in [0.1, 0.15) is 0 Å². The van der Waals surface area contributed by atoms with Crippen molar-refractivity contribution in [2.45, 2.75) is 17.7 Å². The minimum atomic E-state index is 0.962. The Labute approximate surface area is 87.9 Å². The molecule has 0 unspecified atom stereocenters. The Kier molecular flexibility index (Phi) is 2.56. The van der Waals surface area contributed by atoms with Crippen molar-refractivity contribution in [3.63, 3.8) is 0 Å². The van der Waals surface area contributed by atoms with E-state index in [4.69, 9.17) is 12.2 Å². The van der Waals surface area contributed by atoms with E-state index >= 15 is 0 Å². The number of thiocarbonyl (C=S) groups is 1. The van der Waals surface area contributed by atoms with E-state index < -0.39 is 0 Å². The van der Waals surface area contributed by atoms with E-state index in [1.165, 1.54) is 16.1 Å². The molecule has 1 heterocycles. The lowest BCUT2D eigenvalue weighted by Crippen LogP contribution is -2.16. The van der Waals surface area contributed by atoms with Gasteiger partial charge in [0.05, 0.1) is 4.99 Å². The molecule has 1 nitrogen and oxygen atoms in total. The van der Waals surface area contributed by atoms with Gasteiger partial charge in [-0.1, -0.05) is 12.2 Å². The molecule has 0 saturated carbocycles. The van der Waals surface area contributed by atoms with E-state index in [1.807, 2.05) is 0 Å². The third-order valence-corrected chi connectivity index (χ3v) is 3.24. The van der Waals surface area contributed by atoms with Gasteiger partial charge in [-0.25, -0.2) is 0 Å². The number of nitrogens with one attached hydrogen (secondary N) is 1. The first kappa shape index (κ1) is 9.03. The van der Waals surface area contributed by atoms with Gasteiger partial charge in [0.2, 0.25) is 0 Å². The summed E-state index contributed by atoms with van der Waals surface area (Å²) in [5.41, 5.74) is 2.58. The average molecular weight is 209 g/mol. The van der Waals surface area contributed by atoms with Crippen molar-refractivity contribution in [3.05, 3.63) is 23.8 Å². The van der Waals surface area contributed by atoms with E-state index in [0.717, 1.165) is 17.8 Å². The van der Waals surface area contributed by atoms with Crippen molar-refractivity contribution in [3.8, 4) is 0 Å². The lowest BCUT2D eigenvalue weighted by atomic mass is 10.0. The Morgan fingerprint density at radius 2 is 2.23 bits per heavy atom. The van der Waals surface area contributed by atoms with Gasteiger partial charge < -0.3 is 5.32 Å². The molecule has 1 aliphatic rings. The standard InChI is InChI=1S/C10H11NS2/c1-13-8-3-4-9-7(6-8)2-5-10(12)11-9/h3-4,6H,2,5H2,1H3,(H,11,12). The third kappa shape index (κ3) is 1.86. The molecular formula is C10H11NS2. The first-order valence-electron chi connectivity index (χ1n) is 4.26. The van der Waals surface area contributed by atoms with Crippen LogP contribution in [0.3, 0.4) is 0 Å². The number of fused-ring (bicyclic) bond motifs is 1. The number of anilines is 1. The fraction of sp³-hybridized carbons (Fsp3) is 0.300. The van der Waals surface area contributed by atoms with Gasteiger partial charge in [0, 0.05) is 17.0 Å². The van der Waals surface area contributed by atoms with Crippen molar-refractivity contribution in [1.29, 1.82) is 0 Å². The largest absolute Gasteiger partial charge is 0.350 e. The summed E-state index contributed by atoms with van der Waals surface area (Å²) in [6.07, 6.45) is 4.17. The van der Waals surface area contributed by atoms with Crippen LogP contribution < -0.4 is 5.32 Å². The molecule has 1 aromatic rings. The molecule has 0 aromatic heterocycles. The van der Waals surface area contributed by atoms with Gasteiger partial charge in [0.15, 0.2) is 0 Å². The van der Waals surface area contributed by atoms with Crippen molar-refractivity contribution in [2.75, 3.05) is 11.6 Å². The van der Waals surface area contributed by atoms with Crippen LogP contribution in [0.25, 0.3) is 0 Å². The fourth-order valence-corrected chi connectivity index (χ4v) is 2.16. The molecule has 2 rings (SSSR count). The minimum absolute atomic E-state index is 0.962. The molecule has 0 bridgehead atoms. The summed E-state index contributed by atoms with van der Waals surface area (Å²) in [5, 5.41) is 3.23. The molecule has 1 N–H and O–H groups in total. The first-order valence-corrected chi connectivity index (χ1v) is 5.89. The minimum Gasteiger partial charge on any atom is -0.350 e. The van der Waals surface area contributed by atoms with Crippen LogP contribution in [0.15, 0.2) is 23.1 Å². The zero-order chi connectivity index (χ0) is 9.26. The maximum absolute atomic E-state index is 5.13. The second-order valence-electron chi connectivity index (χ2n) is 3.07. The van der Waals surface area contributed by atoms with E-state index in [-0.39, 0.29) is 0 Å². The van der Waals surface area contributed by atoms with Crippen LogP contribution in [-0.4, -0.2) is 11.2 Å². The quantitative estimate of drug-likeness (QED) is 0.564. The van der Waals surface area contributed by atoms with Gasteiger partial charge in [-0.15, -0.1) is 11.8 Å². The second kappa shape index (κ2) is 3.68. The summed E-state index contributed by atoms with van der Waals surface area (Å²) >= 11 is 6.91. The fourth-order valence-electron chi connectivity index (χ4n) is 1.49. The van der Waals surface area contributed by atoms with Crippen LogP contribution in [0, 0.1) is 0 Å². The SMILES string of the molecule is CSc1ccc2c(c1)CCC(=S)N2. The Bertz CT molecular complexity index is 347. The van der Waals surface area contributed by atoms with Crippen molar-refractivity contribution in [2.24, 2.45) is 0 Å². The second-order valence-corrected chi connectivity index (χ2v) is 4.44. The van der Waals surface area contributed by atoms with Crippen LogP contribution in [0.4, 0.5) is 5.69 Å². The average Bonchev–Trinajstić information content (AvgIpc) is 2.17. The summed E-state index contributed by atoms with van der Waals surface area (Å²) in [6.45, 7) is 0. The summed E-state index contributed by atoms with van der Waals surface area (Å²) < 4.78 is 0. The molecular weight excluding hydrogens is 198 g/mol. The number of thioether (sulfide) groups is 1. The Balaban J connectivity index is 2.36. The Morgan fingerprint density at radius 3 is 3.00 bits per heavy atom. The van der Waals surface area contributed by atoms with Crippen LogP contribution >= 0.6 is 24.0 Å². The first-order chi connectivity index (χ1) is 6.29. The highest BCUT2D eigenvalue weighted by atomic mass is 32.2. The van der Waals surface area contributed by atoms with Crippen LogP contribution in [0.2, 0.25) is 0 Å². The predicted octanol–water partition coefficient (Wildman–Crippen LogP) is 3.09.